The highest BCUT2D eigenvalue weighted by atomic mass is 16.5. The molecule has 0 radical (unpaired) electrons. The van der Waals surface area contributed by atoms with Crippen molar-refractivity contribution in [2.24, 2.45) is 0 Å². The molecule has 2 aliphatic heterocycles. The van der Waals surface area contributed by atoms with E-state index >= 15 is 0 Å². The van der Waals surface area contributed by atoms with Gasteiger partial charge in [0.1, 0.15) is 18.8 Å². The number of nitrogens with one attached hydrogen (secondary N) is 1. The largest absolute Gasteiger partial charge is 0.460 e. The zero-order valence-electron chi connectivity index (χ0n) is 15.6. The smallest absolute Gasteiger partial charge is 0.338 e. The average molecular weight is 381 g/mol. The highest BCUT2D eigenvalue weighted by molar-refractivity contribution is 5.95. The van der Waals surface area contributed by atoms with Gasteiger partial charge in [0.25, 0.3) is 0 Å². The predicted molar refractivity (Wildman–Crippen MR) is 104 cm³/mol. The number of aromatic nitrogens is 2. The molecule has 4 rings (SSSR count). The number of piperidine rings is 1. The molecule has 0 saturated carbocycles. The molecule has 0 bridgehead atoms. The summed E-state index contributed by atoms with van der Waals surface area (Å²) >= 11 is 0. The maximum Gasteiger partial charge on any atom is 0.338 e. The van der Waals surface area contributed by atoms with E-state index in [0.29, 0.717) is 25.3 Å². The van der Waals surface area contributed by atoms with E-state index in [9.17, 15) is 9.59 Å². The van der Waals surface area contributed by atoms with Gasteiger partial charge in [0, 0.05) is 31.5 Å². The number of rotatable bonds is 5. The van der Waals surface area contributed by atoms with Gasteiger partial charge in [-0.3, -0.25) is 4.90 Å². The van der Waals surface area contributed by atoms with Crippen LogP contribution in [0.25, 0.3) is 0 Å². The SMILES string of the molecule is O=C(OC[C@H]1CCCCN1c1ccncn1)c1ccc(N2CCNC2=O)cc1. The lowest BCUT2D eigenvalue weighted by atomic mass is 10.0. The summed E-state index contributed by atoms with van der Waals surface area (Å²) in [5.74, 6) is 0.509. The van der Waals surface area contributed by atoms with E-state index in [1.807, 2.05) is 6.07 Å². The number of esters is 1. The summed E-state index contributed by atoms with van der Waals surface area (Å²) in [6, 6.07) is 8.83. The second-order valence-corrected chi connectivity index (χ2v) is 6.94. The van der Waals surface area contributed by atoms with Crippen LogP contribution in [-0.2, 0) is 4.74 Å². The van der Waals surface area contributed by atoms with Crippen LogP contribution in [0.1, 0.15) is 29.6 Å². The third kappa shape index (κ3) is 3.90. The molecule has 8 heteroatoms. The zero-order chi connectivity index (χ0) is 19.3. The lowest BCUT2D eigenvalue weighted by Crippen LogP contribution is -2.43. The predicted octanol–water partition coefficient (Wildman–Crippen LogP) is 2.22. The molecule has 8 nitrogen and oxygen atoms in total. The van der Waals surface area contributed by atoms with E-state index in [1.54, 1.807) is 35.4 Å². The molecular formula is C20H23N5O3. The number of carbonyl (C=O) groups is 2. The topological polar surface area (TPSA) is 87.7 Å². The fraction of sp³-hybridized carbons (Fsp3) is 0.400. The van der Waals surface area contributed by atoms with E-state index in [4.69, 9.17) is 4.74 Å². The Morgan fingerprint density at radius 1 is 1.18 bits per heavy atom. The maximum atomic E-state index is 12.5. The number of hydrogen-bond donors (Lipinski definition) is 1. The van der Waals surface area contributed by atoms with Gasteiger partial charge in [-0.25, -0.2) is 19.6 Å². The number of hydrogen-bond acceptors (Lipinski definition) is 6. The summed E-state index contributed by atoms with van der Waals surface area (Å²) in [7, 11) is 0. The van der Waals surface area contributed by atoms with Crippen molar-refractivity contribution < 1.29 is 14.3 Å². The Hall–Kier alpha value is -3.16. The molecule has 1 atom stereocenters. The van der Waals surface area contributed by atoms with Gasteiger partial charge < -0.3 is 15.0 Å². The molecule has 2 saturated heterocycles. The molecule has 2 aromatic rings. The van der Waals surface area contributed by atoms with Crippen LogP contribution < -0.4 is 15.1 Å². The van der Waals surface area contributed by atoms with Gasteiger partial charge in [-0.1, -0.05) is 0 Å². The molecule has 146 valence electrons. The van der Waals surface area contributed by atoms with Gasteiger partial charge in [-0.15, -0.1) is 0 Å². The van der Waals surface area contributed by atoms with Gasteiger partial charge in [0.15, 0.2) is 0 Å². The lowest BCUT2D eigenvalue weighted by molar-refractivity contribution is 0.0467. The zero-order valence-corrected chi connectivity index (χ0v) is 15.6. The van der Waals surface area contributed by atoms with Crippen LogP contribution in [0.3, 0.4) is 0 Å². The molecule has 1 N–H and O–H groups in total. The summed E-state index contributed by atoms with van der Waals surface area (Å²) in [5, 5.41) is 2.76. The number of anilines is 2. The minimum Gasteiger partial charge on any atom is -0.460 e. The Kier molecular flexibility index (Phi) is 5.36. The van der Waals surface area contributed by atoms with E-state index in [-0.39, 0.29) is 18.0 Å². The molecule has 0 aliphatic carbocycles. The standard InChI is InChI=1S/C20H23N5O3/c26-19(15-4-6-16(7-5-15)25-12-10-22-20(25)27)28-13-17-3-1-2-11-24(17)18-8-9-21-14-23-18/h4-9,14,17H,1-3,10-13H2,(H,22,27)/t17-/m1/s1. The maximum absolute atomic E-state index is 12.5. The van der Waals surface area contributed by atoms with Crippen molar-refractivity contribution in [3.63, 3.8) is 0 Å². The molecule has 3 heterocycles. The number of urea groups is 1. The fourth-order valence-electron chi connectivity index (χ4n) is 3.68. The average Bonchev–Trinajstić information content (AvgIpc) is 3.19. The Morgan fingerprint density at radius 2 is 2.04 bits per heavy atom. The van der Waals surface area contributed by atoms with Crippen molar-refractivity contribution in [3.8, 4) is 0 Å². The molecule has 1 aromatic heterocycles. The van der Waals surface area contributed by atoms with Gasteiger partial charge in [0.2, 0.25) is 0 Å². The van der Waals surface area contributed by atoms with Crippen LogP contribution in [0.15, 0.2) is 42.9 Å². The summed E-state index contributed by atoms with van der Waals surface area (Å²) in [4.78, 5) is 36.3. The number of amides is 2. The van der Waals surface area contributed by atoms with Crippen molar-refractivity contribution in [2.75, 3.05) is 36.0 Å². The first-order valence-electron chi connectivity index (χ1n) is 9.57. The van der Waals surface area contributed by atoms with Gasteiger partial charge in [0.05, 0.1) is 11.6 Å². The minimum absolute atomic E-state index is 0.111. The Balaban J connectivity index is 1.37. The van der Waals surface area contributed by atoms with Crippen molar-refractivity contribution in [2.45, 2.75) is 25.3 Å². The molecule has 2 aliphatic rings. The second-order valence-electron chi connectivity index (χ2n) is 6.94. The van der Waals surface area contributed by atoms with Crippen molar-refractivity contribution in [1.29, 1.82) is 0 Å². The lowest BCUT2D eigenvalue weighted by Gasteiger charge is -2.36. The normalized spacial score (nSPS) is 19.4. The highest BCUT2D eigenvalue weighted by Crippen LogP contribution is 2.23. The van der Waals surface area contributed by atoms with Crippen molar-refractivity contribution in [1.82, 2.24) is 15.3 Å². The number of benzene rings is 1. The van der Waals surface area contributed by atoms with Crippen LogP contribution in [0.5, 0.6) is 0 Å². The van der Waals surface area contributed by atoms with Crippen LogP contribution in [0.2, 0.25) is 0 Å². The van der Waals surface area contributed by atoms with Crippen LogP contribution in [0, 0.1) is 0 Å². The summed E-state index contributed by atoms with van der Waals surface area (Å²) < 4.78 is 5.59. The first-order valence-corrected chi connectivity index (χ1v) is 9.57. The van der Waals surface area contributed by atoms with Crippen molar-refractivity contribution in [3.05, 3.63) is 48.4 Å². The van der Waals surface area contributed by atoms with Gasteiger partial charge in [-0.2, -0.15) is 0 Å². The van der Waals surface area contributed by atoms with E-state index in [0.717, 1.165) is 37.3 Å². The third-order valence-electron chi connectivity index (χ3n) is 5.17. The quantitative estimate of drug-likeness (QED) is 0.799. The van der Waals surface area contributed by atoms with E-state index < -0.39 is 0 Å². The number of nitrogens with zero attached hydrogens (tertiary/aromatic N) is 4. The molecular weight excluding hydrogens is 358 g/mol. The third-order valence-corrected chi connectivity index (χ3v) is 5.17. The molecule has 0 spiro atoms. The van der Waals surface area contributed by atoms with Crippen LogP contribution >= 0.6 is 0 Å². The highest BCUT2D eigenvalue weighted by Gasteiger charge is 2.25. The first kappa shape index (κ1) is 18.2. The summed E-state index contributed by atoms with van der Waals surface area (Å²) in [5.41, 5.74) is 1.25. The van der Waals surface area contributed by atoms with Crippen molar-refractivity contribution >= 4 is 23.5 Å². The monoisotopic (exact) mass is 381 g/mol. The minimum atomic E-state index is -0.356. The number of ether oxygens (including phenoxy) is 1. The van der Waals surface area contributed by atoms with Gasteiger partial charge in [-0.05, 0) is 49.6 Å². The molecule has 2 amide bonds. The molecule has 2 fully saturated rings. The summed E-state index contributed by atoms with van der Waals surface area (Å²) in [6.07, 6.45) is 6.42. The Bertz CT molecular complexity index is 827. The fourth-order valence-corrected chi connectivity index (χ4v) is 3.68. The molecule has 28 heavy (non-hydrogen) atoms. The molecule has 1 aromatic carbocycles. The second kappa shape index (κ2) is 8.24. The first-order chi connectivity index (χ1) is 13.7. The Morgan fingerprint density at radius 3 is 2.75 bits per heavy atom. The van der Waals surface area contributed by atoms with Gasteiger partial charge >= 0.3 is 12.0 Å². The number of carbonyl (C=O) groups excluding carboxylic acids is 2. The Labute approximate surface area is 163 Å². The van der Waals surface area contributed by atoms with Crippen LogP contribution in [-0.4, -0.2) is 54.3 Å². The molecule has 0 unspecified atom stereocenters. The van der Waals surface area contributed by atoms with E-state index in [1.165, 1.54) is 6.33 Å². The summed E-state index contributed by atoms with van der Waals surface area (Å²) in [6.45, 7) is 2.47. The van der Waals surface area contributed by atoms with Crippen LogP contribution in [0.4, 0.5) is 16.3 Å². The van der Waals surface area contributed by atoms with E-state index in [2.05, 4.69) is 20.2 Å².